The van der Waals surface area contributed by atoms with E-state index in [0.29, 0.717) is 26.2 Å². The van der Waals surface area contributed by atoms with Crippen LogP contribution in [0.1, 0.15) is 25.8 Å². The summed E-state index contributed by atoms with van der Waals surface area (Å²) in [4.78, 5) is 28.1. The van der Waals surface area contributed by atoms with Crippen LogP contribution in [0, 0.1) is 0 Å². The number of amides is 2. The van der Waals surface area contributed by atoms with E-state index in [0.717, 1.165) is 9.87 Å². The van der Waals surface area contributed by atoms with Crippen LogP contribution in [0.2, 0.25) is 0 Å². The van der Waals surface area contributed by atoms with Gasteiger partial charge < -0.3 is 15.0 Å². The highest BCUT2D eigenvalue weighted by Crippen LogP contribution is 2.28. The van der Waals surface area contributed by atoms with Gasteiger partial charge in [-0.15, -0.1) is 0 Å². The second-order valence-corrected chi connectivity index (χ2v) is 10.1. The Morgan fingerprint density at radius 3 is 2.36 bits per heavy atom. The van der Waals surface area contributed by atoms with Crippen molar-refractivity contribution in [2.24, 2.45) is 0 Å². The zero-order valence-electron chi connectivity index (χ0n) is 19.1. The van der Waals surface area contributed by atoms with Crippen LogP contribution in [0.15, 0.2) is 65.6 Å². The molecule has 0 radical (unpaired) electrons. The Morgan fingerprint density at radius 1 is 1.09 bits per heavy atom. The van der Waals surface area contributed by atoms with Crippen LogP contribution < -0.4 is 5.32 Å². The first kappa shape index (κ1) is 24.9. The van der Waals surface area contributed by atoms with Gasteiger partial charge in [0.15, 0.2) is 0 Å². The molecule has 0 spiro atoms. The van der Waals surface area contributed by atoms with Crippen LogP contribution in [0.25, 0.3) is 0 Å². The van der Waals surface area contributed by atoms with E-state index < -0.39 is 27.4 Å². The van der Waals surface area contributed by atoms with Crippen molar-refractivity contribution in [3.05, 3.63) is 66.2 Å². The van der Waals surface area contributed by atoms with E-state index >= 15 is 0 Å². The SMILES string of the molecule is CCOCCCN1C(=O)CN(S(=O)(=O)c2ccccc2)CC1(C)C(=O)NCc1ccccc1. The lowest BCUT2D eigenvalue weighted by atomic mass is 9.95. The number of nitrogens with zero attached hydrogens (tertiary/aromatic N) is 2. The Kier molecular flexibility index (Phi) is 8.23. The number of benzene rings is 2. The third-order valence-corrected chi connectivity index (χ3v) is 7.54. The van der Waals surface area contributed by atoms with Crippen LogP contribution in [0.3, 0.4) is 0 Å². The molecule has 0 bridgehead atoms. The second kappa shape index (κ2) is 10.9. The molecule has 3 rings (SSSR count). The number of piperazine rings is 1. The third kappa shape index (κ3) is 5.79. The minimum absolute atomic E-state index is 0.0923. The Bertz CT molecular complexity index is 1050. The van der Waals surface area contributed by atoms with E-state index in [2.05, 4.69) is 5.32 Å². The molecule has 0 saturated carbocycles. The Morgan fingerprint density at radius 2 is 1.73 bits per heavy atom. The van der Waals surface area contributed by atoms with Crippen molar-refractivity contribution in [3.8, 4) is 0 Å². The van der Waals surface area contributed by atoms with E-state index in [1.54, 1.807) is 25.1 Å². The fraction of sp³-hybridized carbons (Fsp3) is 0.417. The highest BCUT2D eigenvalue weighted by Gasteiger charge is 2.50. The Balaban J connectivity index is 1.85. The van der Waals surface area contributed by atoms with Crippen molar-refractivity contribution < 1.29 is 22.7 Å². The topological polar surface area (TPSA) is 96.0 Å². The summed E-state index contributed by atoms with van der Waals surface area (Å²) in [5.41, 5.74) is -0.453. The summed E-state index contributed by atoms with van der Waals surface area (Å²) >= 11 is 0. The van der Waals surface area contributed by atoms with Gasteiger partial charge in [-0.2, -0.15) is 4.31 Å². The zero-order valence-corrected chi connectivity index (χ0v) is 19.9. The fourth-order valence-electron chi connectivity index (χ4n) is 3.91. The first-order valence-electron chi connectivity index (χ1n) is 11.0. The molecule has 1 atom stereocenters. The minimum Gasteiger partial charge on any atom is -0.382 e. The summed E-state index contributed by atoms with van der Waals surface area (Å²) in [6.07, 6.45) is 0.548. The van der Waals surface area contributed by atoms with Crippen molar-refractivity contribution in [1.82, 2.24) is 14.5 Å². The molecule has 9 heteroatoms. The molecule has 0 aromatic heterocycles. The molecule has 0 aliphatic carbocycles. The molecule has 178 valence electrons. The number of nitrogens with one attached hydrogen (secondary N) is 1. The molecule has 2 amide bonds. The average Bonchev–Trinajstić information content (AvgIpc) is 2.82. The van der Waals surface area contributed by atoms with Crippen molar-refractivity contribution >= 4 is 21.8 Å². The summed E-state index contributed by atoms with van der Waals surface area (Å²) in [6, 6.07) is 17.4. The Labute approximate surface area is 195 Å². The molecule has 2 aromatic rings. The fourth-order valence-corrected chi connectivity index (χ4v) is 5.41. The summed E-state index contributed by atoms with van der Waals surface area (Å²) in [5, 5.41) is 2.89. The lowest BCUT2D eigenvalue weighted by molar-refractivity contribution is -0.153. The summed E-state index contributed by atoms with van der Waals surface area (Å²) in [6.45, 7) is 4.66. The van der Waals surface area contributed by atoms with Gasteiger partial charge in [-0.1, -0.05) is 48.5 Å². The molecule has 1 unspecified atom stereocenters. The molecule has 1 saturated heterocycles. The number of hydrogen-bond donors (Lipinski definition) is 1. The minimum atomic E-state index is -3.94. The van der Waals surface area contributed by atoms with Crippen LogP contribution >= 0.6 is 0 Å². The molecule has 8 nitrogen and oxygen atoms in total. The van der Waals surface area contributed by atoms with Gasteiger partial charge in [-0.05, 0) is 38.0 Å². The predicted octanol–water partition coefficient (Wildman–Crippen LogP) is 2.02. The lowest BCUT2D eigenvalue weighted by Crippen LogP contribution is -2.69. The largest absolute Gasteiger partial charge is 0.382 e. The van der Waals surface area contributed by atoms with Crippen molar-refractivity contribution in [2.75, 3.05) is 32.8 Å². The quantitative estimate of drug-likeness (QED) is 0.533. The number of carbonyl (C=O) groups excluding carboxylic acids is 2. The number of rotatable bonds is 10. The average molecular weight is 474 g/mol. The number of ether oxygens (including phenoxy) is 1. The molecule has 2 aromatic carbocycles. The van der Waals surface area contributed by atoms with Crippen molar-refractivity contribution in [2.45, 2.75) is 37.2 Å². The zero-order chi connectivity index (χ0) is 23.9. The van der Waals surface area contributed by atoms with E-state index in [-0.39, 0.29) is 24.5 Å². The molecular formula is C24H31N3O5S. The monoisotopic (exact) mass is 473 g/mol. The van der Waals surface area contributed by atoms with Gasteiger partial charge in [0, 0.05) is 32.8 Å². The van der Waals surface area contributed by atoms with Gasteiger partial charge in [0.25, 0.3) is 0 Å². The number of sulfonamides is 1. The normalized spacial score (nSPS) is 19.5. The molecular weight excluding hydrogens is 442 g/mol. The number of hydrogen-bond acceptors (Lipinski definition) is 5. The highest BCUT2D eigenvalue weighted by molar-refractivity contribution is 7.89. The van der Waals surface area contributed by atoms with Crippen molar-refractivity contribution in [1.29, 1.82) is 0 Å². The van der Waals surface area contributed by atoms with Gasteiger partial charge in [-0.3, -0.25) is 9.59 Å². The van der Waals surface area contributed by atoms with Crippen LogP contribution in [0.5, 0.6) is 0 Å². The summed E-state index contributed by atoms with van der Waals surface area (Å²) in [7, 11) is -3.94. The van der Waals surface area contributed by atoms with E-state index in [1.165, 1.54) is 17.0 Å². The molecule has 1 fully saturated rings. The highest BCUT2D eigenvalue weighted by atomic mass is 32.2. The van der Waals surface area contributed by atoms with Gasteiger partial charge in [0.05, 0.1) is 11.4 Å². The molecule has 1 heterocycles. The maximum atomic E-state index is 13.4. The summed E-state index contributed by atoms with van der Waals surface area (Å²) in [5.74, 6) is -0.807. The lowest BCUT2D eigenvalue weighted by Gasteiger charge is -2.46. The smallest absolute Gasteiger partial charge is 0.247 e. The second-order valence-electron chi connectivity index (χ2n) is 8.12. The first-order valence-corrected chi connectivity index (χ1v) is 12.5. The Hall–Kier alpha value is -2.75. The van der Waals surface area contributed by atoms with E-state index in [4.69, 9.17) is 4.74 Å². The standard InChI is InChI=1S/C24H31N3O5S/c1-3-32-16-10-15-27-22(28)18-26(33(30,31)21-13-8-5-9-14-21)19-24(27,2)23(29)25-17-20-11-6-4-7-12-20/h4-9,11-14H,3,10,15-19H2,1-2H3,(H,25,29). The molecule has 1 aliphatic heterocycles. The van der Waals surface area contributed by atoms with Crippen LogP contribution in [0.4, 0.5) is 0 Å². The van der Waals surface area contributed by atoms with Gasteiger partial charge >= 0.3 is 0 Å². The maximum Gasteiger partial charge on any atom is 0.247 e. The molecule has 1 N–H and O–H groups in total. The summed E-state index contributed by atoms with van der Waals surface area (Å²) < 4.78 is 32.9. The van der Waals surface area contributed by atoms with Crippen LogP contribution in [-0.2, 0) is 30.9 Å². The first-order chi connectivity index (χ1) is 15.8. The number of carbonyl (C=O) groups is 2. The van der Waals surface area contributed by atoms with Crippen molar-refractivity contribution in [3.63, 3.8) is 0 Å². The molecule has 1 aliphatic rings. The maximum absolute atomic E-state index is 13.4. The third-order valence-electron chi connectivity index (χ3n) is 5.73. The van der Waals surface area contributed by atoms with Gasteiger partial charge in [0.2, 0.25) is 21.8 Å². The predicted molar refractivity (Wildman–Crippen MR) is 125 cm³/mol. The van der Waals surface area contributed by atoms with Crippen LogP contribution in [-0.4, -0.2) is 67.8 Å². The van der Waals surface area contributed by atoms with Gasteiger partial charge in [-0.25, -0.2) is 8.42 Å². The molecule has 33 heavy (non-hydrogen) atoms. The van der Waals surface area contributed by atoms with E-state index in [9.17, 15) is 18.0 Å². The van der Waals surface area contributed by atoms with E-state index in [1.807, 2.05) is 37.3 Å². The van der Waals surface area contributed by atoms with Gasteiger partial charge in [0.1, 0.15) is 5.54 Å².